The van der Waals surface area contributed by atoms with Crippen LogP contribution in [0, 0.1) is 17.8 Å². The van der Waals surface area contributed by atoms with Gasteiger partial charge in [0.1, 0.15) is 23.8 Å². The zero-order valence-corrected chi connectivity index (χ0v) is 21.8. The van der Waals surface area contributed by atoms with Crippen LogP contribution in [0.3, 0.4) is 0 Å². The molecule has 178 valence electrons. The van der Waals surface area contributed by atoms with Crippen molar-refractivity contribution in [2.45, 2.75) is 48.5 Å². The summed E-state index contributed by atoms with van der Waals surface area (Å²) in [6.07, 6.45) is 3.94. The Hall–Kier alpha value is -2.99. The van der Waals surface area contributed by atoms with E-state index in [2.05, 4.69) is 46.7 Å². The van der Waals surface area contributed by atoms with Crippen LogP contribution in [0.25, 0.3) is 5.70 Å². The lowest BCUT2D eigenvalue weighted by molar-refractivity contribution is -0.114. The molecule has 0 amide bonds. The molecule has 34 heavy (non-hydrogen) atoms. The van der Waals surface area contributed by atoms with Gasteiger partial charge in [-0.25, -0.2) is 0 Å². The Balaban J connectivity index is 1.96. The van der Waals surface area contributed by atoms with Gasteiger partial charge in [0.05, 0.1) is 5.69 Å². The average Bonchev–Trinajstić information content (AvgIpc) is 3.18. The number of ether oxygens (including phenoxy) is 2. The summed E-state index contributed by atoms with van der Waals surface area (Å²) < 4.78 is 11.8. The number of fused-ring (bicyclic) bond motifs is 1. The van der Waals surface area contributed by atoms with Crippen molar-refractivity contribution in [3.63, 3.8) is 0 Å². The molecular weight excluding hydrogens is 444 g/mol. The number of aryl methyl sites for hydroxylation is 1. The van der Waals surface area contributed by atoms with Gasteiger partial charge in [0, 0.05) is 22.1 Å². The van der Waals surface area contributed by atoms with Crippen molar-refractivity contribution in [2.75, 3.05) is 13.2 Å². The van der Waals surface area contributed by atoms with Crippen molar-refractivity contribution in [3.05, 3.63) is 69.0 Å². The predicted octanol–water partition coefficient (Wildman–Crippen LogP) is 7.85. The fourth-order valence-corrected chi connectivity index (χ4v) is 4.80. The Morgan fingerprint density at radius 1 is 0.912 bits per heavy atom. The molecule has 0 N–H and O–H groups in total. The number of azo groups is 1. The van der Waals surface area contributed by atoms with Crippen molar-refractivity contribution >= 4 is 28.5 Å². The number of thiophene rings is 1. The van der Waals surface area contributed by atoms with E-state index in [9.17, 15) is 4.79 Å². The van der Waals surface area contributed by atoms with Crippen LogP contribution < -0.4 is 9.47 Å². The molecule has 1 aliphatic carbocycles. The minimum atomic E-state index is -0.319. The quantitative estimate of drug-likeness (QED) is 0.424. The number of hydrogen-bond acceptors (Lipinski definition) is 6. The molecule has 1 aromatic heterocycles. The summed E-state index contributed by atoms with van der Waals surface area (Å²) >= 11 is 1.52. The monoisotopic (exact) mass is 476 g/mol. The van der Waals surface area contributed by atoms with E-state index in [-0.39, 0.29) is 16.6 Å². The molecule has 0 unspecified atom stereocenters. The molecule has 2 heterocycles. The Kier molecular flexibility index (Phi) is 6.38. The second-order valence-electron chi connectivity index (χ2n) is 10.7. The standard InChI is InChI=1S/C28H32N2O3S/c1-17-8-10-19(11-9-17)29-30-23(26-25-22(16-34-26)32-12-13-33-25)18-14-20(27(2,3)4)24(31)21(15-18)28(5,6)7/h8-11,14-16H,12-13H2,1-7H3. The molecule has 0 saturated carbocycles. The first-order chi connectivity index (χ1) is 15.9. The summed E-state index contributed by atoms with van der Waals surface area (Å²) in [6.45, 7) is 15.5. The van der Waals surface area contributed by atoms with Crippen LogP contribution in [0.15, 0.2) is 68.7 Å². The van der Waals surface area contributed by atoms with Crippen LogP contribution in [0.2, 0.25) is 0 Å². The molecule has 0 radical (unpaired) electrons. The fraction of sp³-hybridized carbons (Fsp3) is 0.393. The molecule has 0 atom stereocenters. The highest BCUT2D eigenvalue weighted by Gasteiger charge is 2.35. The number of allylic oxidation sites excluding steroid dienone is 5. The molecule has 5 nitrogen and oxygen atoms in total. The summed E-state index contributed by atoms with van der Waals surface area (Å²) in [6, 6.07) is 7.92. The van der Waals surface area contributed by atoms with Gasteiger partial charge in [0.15, 0.2) is 17.3 Å². The maximum absolute atomic E-state index is 13.5. The van der Waals surface area contributed by atoms with Crippen LogP contribution in [-0.2, 0) is 4.79 Å². The Morgan fingerprint density at radius 2 is 1.50 bits per heavy atom. The van der Waals surface area contributed by atoms with E-state index in [0.29, 0.717) is 24.7 Å². The topological polar surface area (TPSA) is 60.2 Å². The highest BCUT2D eigenvalue weighted by molar-refractivity contribution is 7.11. The normalized spacial score (nSPS) is 16.6. The lowest BCUT2D eigenvalue weighted by Gasteiger charge is -2.31. The smallest absolute Gasteiger partial charge is 0.186 e. The summed E-state index contributed by atoms with van der Waals surface area (Å²) in [5.74, 6) is 1.50. The second-order valence-corrected chi connectivity index (χ2v) is 11.6. The third kappa shape index (κ3) is 4.92. The molecule has 2 aliphatic rings. The maximum Gasteiger partial charge on any atom is 0.186 e. The Labute approximate surface area is 205 Å². The van der Waals surface area contributed by atoms with Gasteiger partial charge in [0.25, 0.3) is 0 Å². The van der Waals surface area contributed by atoms with Gasteiger partial charge in [-0.05, 0) is 42.0 Å². The van der Waals surface area contributed by atoms with Crippen LogP contribution in [0.4, 0.5) is 5.69 Å². The van der Waals surface area contributed by atoms with Gasteiger partial charge in [-0.1, -0.05) is 59.2 Å². The maximum atomic E-state index is 13.5. The molecule has 1 aromatic carbocycles. The number of Topliss-reactive ketones (excluding diaryl/α,β-unsaturated/α-hetero) is 1. The van der Waals surface area contributed by atoms with Crippen molar-refractivity contribution in [3.8, 4) is 11.5 Å². The van der Waals surface area contributed by atoms with Gasteiger partial charge < -0.3 is 9.47 Å². The van der Waals surface area contributed by atoms with Crippen molar-refractivity contribution < 1.29 is 14.3 Å². The Bertz CT molecular complexity index is 1190. The molecule has 0 saturated heterocycles. The van der Waals surface area contributed by atoms with Crippen molar-refractivity contribution in [1.82, 2.24) is 0 Å². The largest absolute Gasteiger partial charge is 0.485 e. The van der Waals surface area contributed by atoms with E-state index in [0.717, 1.165) is 38.6 Å². The lowest BCUT2D eigenvalue weighted by Crippen LogP contribution is -2.28. The SMILES string of the molecule is Cc1ccc(N=NC(=C2C=C(C(C)(C)C)C(=O)C(C(C)(C)C)=C2)c2scc3c2OCCO3)cc1. The third-order valence-electron chi connectivity index (χ3n) is 5.79. The van der Waals surface area contributed by atoms with Gasteiger partial charge in [0.2, 0.25) is 0 Å². The molecule has 6 heteroatoms. The highest BCUT2D eigenvalue weighted by atomic mass is 32.1. The second kappa shape index (κ2) is 8.99. The highest BCUT2D eigenvalue weighted by Crippen LogP contribution is 2.47. The van der Waals surface area contributed by atoms with E-state index in [1.165, 1.54) is 11.3 Å². The van der Waals surface area contributed by atoms with Crippen LogP contribution in [0.5, 0.6) is 11.5 Å². The van der Waals surface area contributed by atoms with E-state index < -0.39 is 0 Å². The number of hydrogen-bond donors (Lipinski definition) is 0. The number of carbonyl (C=O) groups excluding carboxylic acids is 1. The lowest BCUT2D eigenvalue weighted by atomic mass is 9.71. The number of rotatable bonds is 3. The molecule has 0 fully saturated rings. The Morgan fingerprint density at radius 3 is 2.09 bits per heavy atom. The molecule has 0 bridgehead atoms. The van der Waals surface area contributed by atoms with Crippen molar-refractivity contribution in [1.29, 1.82) is 0 Å². The minimum absolute atomic E-state index is 0.0892. The first kappa shape index (κ1) is 24.1. The third-order valence-corrected chi connectivity index (χ3v) is 6.74. The summed E-state index contributed by atoms with van der Waals surface area (Å²) in [5, 5.41) is 11.2. The summed E-state index contributed by atoms with van der Waals surface area (Å²) in [5.41, 5.74) is 4.34. The van der Waals surface area contributed by atoms with Crippen LogP contribution in [0.1, 0.15) is 52.0 Å². The van der Waals surface area contributed by atoms with Gasteiger partial charge in [-0.3, -0.25) is 4.79 Å². The van der Waals surface area contributed by atoms with Crippen molar-refractivity contribution in [2.24, 2.45) is 21.1 Å². The van der Waals surface area contributed by atoms with Gasteiger partial charge >= 0.3 is 0 Å². The minimum Gasteiger partial charge on any atom is -0.485 e. The molecular formula is C28H32N2O3S. The van der Waals surface area contributed by atoms with Crippen LogP contribution >= 0.6 is 11.3 Å². The zero-order valence-electron chi connectivity index (χ0n) is 21.0. The van der Waals surface area contributed by atoms with E-state index in [4.69, 9.17) is 14.6 Å². The molecule has 2 aromatic rings. The first-order valence-electron chi connectivity index (χ1n) is 11.5. The summed E-state index contributed by atoms with van der Waals surface area (Å²) in [7, 11) is 0. The molecule has 4 rings (SSSR count). The van der Waals surface area contributed by atoms with Crippen LogP contribution in [-0.4, -0.2) is 19.0 Å². The number of carbonyl (C=O) groups is 1. The first-order valence-corrected chi connectivity index (χ1v) is 12.4. The predicted molar refractivity (Wildman–Crippen MR) is 138 cm³/mol. The number of ketones is 1. The fourth-order valence-electron chi connectivity index (χ4n) is 3.86. The van der Waals surface area contributed by atoms with E-state index >= 15 is 0 Å². The average molecular weight is 477 g/mol. The van der Waals surface area contributed by atoms with E-state index in [1.807, 2.05) is 48.7 Å². The van der Waals surface area contributed by atoms with Gasteiger partial charge in [-0.15, -0.1) is 16.5 Å². The number of benzene rings is 1. The molecule has 1 aliphatic heterocycles. The summed E-state index contributed by atoms with van der Waals surface area (Å²) in [4.78, 5) is 14.3. The molecule has 0 spiro atoms. The van der Waals surface area contributed by atoms with Gasteiger partial charge in [-0.2, -0.15) is 5.11 Å². The number of nitrogens with zero attached hydrogens (tertiary/aromatic N) is 2. The van der Waals surface area contributed by atoms with E-state index in [1.54, 1.807) is 0 Å². The zero-order chi connectivity index (χ0) is 24.7.